The highest BCUT2D eigenvalue weighted by Gasteiger charge is 2.09. The van der Waals surface area contributed by atoms with E-state index < -0.39 is 0 Å². The van der Waals surface area contributed by atoms with Gasteiger partial charge in [0.2, 0.25) is 0 Å². The topological polar surface area (TPSA) is 50.4 Å². The van der Waals surface area contributed by atoms with Gasteiger partial charge in [0.05, 0.1) is 17.6 Å². The molecule has 0 fully saturated rings. The third kappa shape index (κ3) is 4.51. The van der Waals surface area contributed by atoms with Crippen LogP contribution in [-0.4, -0.2) is 45.1 Å². The molecule has 1 N–H and O–H groups in total. The average Bonchev–Trinajstić information content (AvgIpc) is 3.20. The maximum Gasteiger partial charge on any atom is 0.194 e. The standard InChI is InChI=1S/C21H30N6/c1-5-22-21(26(4)16-18-10-8-14-25(18)3)23-13-9-15-27-17(2)24-19-11-6-7-12-20(19)27/h6-8,10-12,14H,5,9,13,15-16H2,1-4H3,(H,22,23). The van der Waals surface area contributed by atoms with Gasteiger partial charge in [-0.05, 0) is 44.5 Å². The Labute approximate surface area is 161 Å². The van der Waals surface area contributed by atoms with E-state index >= 15 is 0 Å². The van der Waals surface area contributed by atoms with Crippen LogP contribution in [0.4, 0.5) is 0 Å². The zero-order chi connectivity index (χ0) is 19.2. The predicted molar refractivity (Wildman–Crippen MR) is 112 cm³/mol. The number of rotatable bonds is 7. The summed E-state index contributed by atoms with van der Waals surface area (Å²) in [5.41, 5.74) is 3.53. The average molecular weight is 367 g/mol. The van der Waals surface area contributed by atoms with Crippen LogP contribution in [0.1, 0.15) is 24.9 Å². The van der Waals surface area contributed by atoms with Crippen molar-refractivity contribution in [3.8, 4) is 0 Å². The monoisotopic (exact) mass is 366 g/mol. The van der Waals surface area contributed by atoms with Gasteiger partial charge < -0.3 is 19.4 Å². The van der Waals surface area contributed by atoms with Crippen LogP contribution < -0.4 is 5.32 Å². The zero-order valence-corrected chi connectivity index (χ0v) is 16.8. The number of hydrogen-bond donors (Lipinski definition) is 1. The molecule has 0 saturated heterocycles. The van der Waals surface area contributed by atoms with Gasteiger partial charge in [0.15, 0.2) is 5.96 Å². The number of para-hydroxylation sites is 2. The third-order valence-electron chi connectivity index (χ3n) is 4.79. The number of hydrogen-bond acceptors (Lipinski definition) is 2. The number of guanidine groups is 1. The first-order valence-electron chi connectivity index (χ1n) is 9.61. The Balaban J connectivity index is 1.61. The van der Waals surface area contributed by atoms with Crippen molar-refractivity contribution in [1.82, 2.24) is 24.3 Å². The quantitative estimate of drug-likeness (QED) is 0.397. The van der Waals surface area contributed by atoms with E-state index in [-0.39, 0.29) is 0 Å². The molecule has 27 heavy (non-hydrogen) atoms. The number of imidazole rings is 1. The van der Waals surface area contributed by atoms with Crippen LogP contribution in [0, 0.1) is 6.92 Å². The third-order valence-corrected chi connectivity index (χ3v) is 4.79. The van der Waals surface area contributed by atoms with Gasteiger partial charge in [-0.1, -0.05) is 12.1 Å². The second-order valence-electron chi connectivity index (χ2n) is 6.86. The van der Waals surface area contributed by atoms with E-state index in [9.17, 15) is 0 Å². The van der Waals surface area contributed by atoms with Crippen LogP contribution in [0.5, 0.6) is 0 Å². The summed E-state index contributed by atoms with van der Waals surface area (Å²) in [6.45, 7) is 7.58. The minimum Gasteiger partial charge on any atom is -0.357 e. The molecule has 0 amide bonds. The molecule has 0 unspecified atom stereocenters. The van der Waals surface area contributed by atoms with Crippen LogP contribution in [0.3, 0.4) is 0 Å². The maximum atomic E-state index is 4.82. The second-order valence-corrected chi connectivity index (χ2v) is 6.86. The van der Waals surface area contributed by atoms with Crippen molar-refractivity contribution >= 4 is 17.0 Å². The molecular formula is C21H30N6. The number of aliphatic imine (C=N–C) groups is 1. The lowest BCUT2D eigenvalue weighted by Crippen LogP contribution is -2.38. The van der Waals surface area contributed by atoms with Crippen molar-refractivity contribution < 1.29 is 0 Å². The molecule has 0 radical (unpaired) electrons. The fourth-order valence-corrected chi connectivity index (χ4v) is 3.34. The Morgan fingerprint density at radius 1 is 1.22 bits per heavy atom. The number of aromatic nitrogens is 3. The minimum absolute atomic E-state index is 0.783. The molecule has 0 atom stereocenters. The van der Waals surface area contributed by atoms with E-state index in [0.29, 0.717) is 0 Å². The zero-order valence-electron chi connectivity index (χ0n) is 16.8. The lowest BCUT2D eigenvalue weighted by atomic mass is 10.3. The van der Waals surface area contributed by atoms with E-state index in [1.54, 1.807) is 0 Å². The van der Waals surface area contributed by atoms with Crippen molar-refractivity contribution in [1.29, 1.82) is 0 Å². The molecule has 0 spiro atoms. The fraction of sp³-hybridized carbons (Fsp3) is 0.429. The summed E-state index contributed by atoms with van der Waals surface area (Å²) in [5.74, 6) is 2.01. The Morgan fingerprint density at radius 2 is 2.04 bits per heavy atom. The molecule has 144 valence electrons. The first-order valence-corrected chi connectivity index (χ1v) is 9.61. The lowest BCUT2D eigenvalue weighted by molar-refractivity contribution is 0.461. The van der Waals surface area contributed by atoms with E-state index in [0.717, 1.165) is 49.9 Å². The first kappa shape index (κ1) is 19.0. The van der Waals surface area contributed by atoms with Gasteiger partial charge in [-0.15, -0.1) is 0 Å². The molecule has 6 heteroatoms. The summed E-state index contributed by atoms with van der Waals surface area (Å²) >= 11 is 0. The summed E-state index contributed by atoms with van der Waals surface area (Å²) in [7, 11) is 4.16. The van der Waals surface area contributed by atoms with Gasteiger partial charge in [0, 0.05) is 45.6 Å². The lowest BCUT2D eigenvalue weighted by Gasteiger charge is -2.22. The predicted octanol–water partition coefficient (Wildman–Crippen LogP) is 3.17. The summed E-state index contributed by atoms with van der Waals surface area (Å²) in [4.78, 5) is 11.6. The van der Waals surface area contributed by atoms with Crippen molar-refractivity contribution in [3.05, 3.63) is 54.1 Å². The summed E-state index contributed by atoms with van der Waals surface area (Å²) < 4.78 is 4.43. The molecule has 0 aliphatic heterocycles. The number of nitrogens with zero attached hydrogens (tertiary/aromatic N) is 5. The van der Waals surface area contributed by atoms with Gasteiger partial charge in [-0.2, -0.15) is 0 Å². The molecular weight excluding hydrogens is 336 g/mol. The van der Waals surface area contributed by atoms with Crippen LogP contribution >= 0.6 is 0 Å². The van der Waals surface area contributed by atoms with Crippen LogP contribution in [-0.2, 0) is 20.1 Å². The molecule has 3 aromatic rings. The number of aryl methyl sites for hydroxylation is 3. The van der Waals surface area contributed by atoms with Crippen molar-refractivity contribution in [2.75, 3.05) is 20.1 Å². The van der Waals surface area contributed by atoms with Crippen LogP contribution in [0.15, 0.2) is 47.6 Å². The Bertz CT molecular complexity index is 904. The Hall–Kier alpha value is -2.76. The van der Waals surface area contributed by atoms with Crippen molar-refractivity contribution in [3.63, 3.8) is 0 Å². The van der Waals surface area contributed by atoms with Gasteiger partial charge in [0.25, 0.3) is 0 Å². The molecule has 0 aliphatic rings. The highest BCUT2D eigenvalue weighted by atomic mass is 15.3. The summed E-state index contributed by atoms with van der Waals surface area (Å²) in [5, 5.41) is 3.40. The highest BCUT2D eigenvalue weighted by molar-refractivity contribution is 5.79. The Kier molecular flexibility index (Phi) is 6.16. The molecule has 2 aromatic heterocycles. The number of nitrogens with one attached hydrogen (secondary N) is 1. The smallest absolute Gasteiger partial charge is 0.194 e. The number of fused-ring (bicyclic) bond motifs is 1. The molecule has 1 aromatic carbocycles. The first-order chi connectivity index (χ1) is 13.1. The maximum absolute atomic E-state index is 4.82. The van der Waals surface area contributed by atoms with Gasteiger partial charge >= 0.3 is 0 Å². The summed E-state index contributed by atoms with van der Waals surface area (Å²) in [6.07, 6.45) is 3.05. The highest BCUT2D eigenvalue weighted by Crippen LogP contribution is 2.15. The van der Waals surface area contributed by atoms with Crippen molar-refractivity contribution in [2.45, 2.75) is 33.4 Å². The molecule has 6 nitrogen and oxygen atoms in total. The van der Waals surface area contributed by atoms with E-state index in [2.05, 4.69) is 88.8 Å². The molecule has 3 rings (SSSR count). The largest absolute Gasteiger partial charge is 0.357 e. The molecule has 2 heterocycles. The van der Waals surface area contributed by atoms with E-state index in [4.69, 9.17) is 4.99 Å². The van der Waals surface area contributed by atoms with Gasteiger partial charge in [-0.3, -0.25) is 4.99 Å². The van der Waals surface area contributed by atoms with Crippen LogP contribution in [0.2, 0.25) is 0 Å². The van der Waals surface area contributed by atoms with Gasteiger partial charge in [-0.25, -0.2) is 4.98 Å². The van der Waals surface area contributed by atoms with Crippen molar-refractivity contribution in [2.24, 2.45) is 12.0 Å². The normalized spacial score (nSPS) is 11.9. The Morgan fingerprint density at radius 3 is 2.78 bits per heavy atom. The number of benzene rings is 1. The summed E-state index contributed by atoms with van der Waals surface area (Å²) in [6, 6.07) is 12.5. The van der Waals surface area contributed by atoms with E-state index in [1.807, 2.05) is 6.07 Å². The minimum atomic E-state index is 0.783. The van der Waals surface area contributed by atoms with Crippen LogP contribution in [0.25, 0.3) is 11.0 Å². The van der Waals surface area contributed by atoms with Gasteiger partial charge in [0.1, 0.15) is 5.82 Å². The molecule has 0 bridgehead atoms. The van der Waals surface area contributed by atoms with E-state index in [1.165, 1.54) is 11.2 Å². The SMILES string of the molecule is CCNC(=NCCCn1c(C)nc2ccccc21)N(C)Cc1cccn1C. The molecule has 0 saturated carbocycles. The molecule has 0 aliphatic carbocycles. The fourth-order valence-electron chi connectivity index (χ4n) is 3.34. The second kappa shape index (κ2) is 8.75.